The van der Waals surface area contributed by atoms with Gasteiger partial charge in [-0.05, 0) is 42.5 Å². The third-order valence-electron chi connectivity index (χ3n) is 3.64. The van der Waals surface area contributed by atoms with Crippen LogP contribution in [-0.2, 0) is 0 Å². The lowest BCUT2D eigenvalue weighted by molar-refractivity contribution is 0.102. The molecule has 0 saturated heterocycles. The number of halogens is 1. The molecule has 3 aromatic rings. The minimum absolute atomic E-state index is 0.212. The standard InChI is InChI=1S/C19H17ClN4O3/c1-26-14-7-8-17(27-2)16(11-14)24-19-21-10-9-15(23-19)18(25)22-13-5-3-12(20)4-6-13/h3-11H,1-2H3,(H,22,25)(H,21,23,24). The van der Waals surface area contributed by atoms with Crippen molar-refractivity contribution in [1.29, 1.82) is 0 Å². The first kappa shape index (κ1) is 18.5. The number of anilines is 3. The zero-order chi connectivity index (χ0) is 19.2. The van der Waals surface area contributed by atoms with Crippen molar-refractivity contribution >= 4 is 34.8 Å². The maximum atomic E-state index is 12.4. The second-order valence-corrected chi connectivity index (χ2v) is 5.85. The van der Waals surface area contributed by atoms with Gasteiger partial charge in [-0.15, -0.1) is 0 Å². The van der Waals surface area contributed by atoms with Crippen molar-refractivity contribution in [2.45, 2.75) is 0 Å². The lowest BCUT2D eigenvalue weighted by atomic mass is 10.2. The highest BCUT2D eigenvalue weighted by Gasteiger charge is 2.11. The van der Waals surface area contributed by atoms with Crippen LogP contribution in [0.4, 0.5) is 17.3 Å². The van der Waals surface area contributed by atoms with Crippen LogP contribution >= 0.6 is 11.6 Å². The first-order valence-corrected chi connectivity index (χ1v) is 8.36. The highest BCUT2D eigenvalue weighted by atomic mass is 35.5. The molecule has 138 valence electrons. The summed E-state index contributed by atoms with van der Waals surface area (Å²) >= 11 is 5.85. The summed E-state index contributed by atoms with van der Waals surface area (Å²) in [5.74, 6) is 1.14. The van der Waals surface area contributed by atoms with Crippen LogP contribution in [0.5, 0.6) is 11.5 Å². The van der Waals surface area contributed by atoms with Crippen LogP contribution in [0.25, 0.3) is 0 Å². The summed E-state index contributed by atoms with van der Waals surface area (Å²) in [7, 11) is 3.13. The minimum Gasteiger partial charge on any atom is -0.497 e. The number of rotatable bonds is 6. The van der Waals surface area contributed by atoms with Gasteiger partial charge in [-0.25, -0.2) is 9.97 Å². The highest BCUT2D eigenvalue weighted by Crippen LogP contribution is 2.30. The summed E-state index contributed by atoms with van der Waals surface area (Å²) in [5, 5.41) is 6.39. The Kier molecular flexibility index (Phi) is 5.73. The number of carbonyl (C=O) groups excluding carboxylic acids is 1. The normalized spacial score (nSPS) is 10.2. The molecule has 8 heteroatoms. The van der Waals surface area contributed by atoms with Gasteiger partial charge in [0.1, 0.15) is 17.2 Å². The Labute approximate surface area is 161 Å². The van der Waals surface area contributed by atoms with E-state index in [1.807, 2.05) is 0 Å². The Morgan fingerprint density at radius 2 is 1.81 bits per heavy atom. The number of amides is 1. The van der Waals surface area contributed by atoms with Crippen LogP contribution in [0.3, 0.4) is 0 Å². The number of nitrogens with zero attached hydrogens (tertiary/aromatic N) is 2. The van der Waals surface area contributed by atoms with Gasteiger partial charge in [0.05, 0.1) is 19.9 Å². The van der Waals surface area contributed by atoms with E-state index in [2.05, 4.69) is 20.6 Å². The van der Waals surface area contributed by atoms with Crippen molar-refractivity contribution in [3.05, 3.63) is 65.4 Å². The van der Waals surface area contributed by atoms with E-state index >= 15 is 0 Å². The molecule has 0 bridgehead atoms. The van der Waals surface area contributed by atoms with E-state index in [0.717, 1.165) is 0 Å². The van der Waals surface area contributed by atoms with Crippen molar-refractivity contribution in [2.24, 2.45) is 0 Å². The van der Waals surface area contributed by atoms with Crippen molar-refractivity contribution in [3.63, 3.8) is 0 Å². The predicted octanol–water partition coefficient (Wildman–Crippen LogP) is 4.14. The average Bonchev–Trinajstić information content (AvgIpc) is 2.70. The molecular weight excluding hydrogens is 368 g/mol. The summed E-state index contributed by atoms with van der Waals surface area (Å²) < 4.78 is 10.5. The van der Waals surface area contributed by atoms with E-state index < -0.39 is 0 Å². The molecule has 0 aliphatic heterocycles. The Bertz CT molecular complexity index is 948. The largest absolute Gasteiger partial charge is 0.497 e. The van der Waals surface area contributed by atoms with Gasteiger partial charge in [-0.3, -0.25) is 4.79 Å². The van der Waals surface area contributed by atoms with Gasteiger partial charge in [0.2, 0.25) is 5.95 Å². The monoisotopic (exact) mass is 384 g/mol. The van der Waals surface area contributed by atoms with Gasteiger partial charge in [-0.2, -0.15) is 0 Å². The van der Waals surface area contributed by atoms with E-state index in [9.17, 15) is 4.79 Å². The molecular formula is C19H17ClN4O3. The molecule has 2 aromatic carbocycles. The van der Waals surface area contributed by atoms with Gasteiger partial charge in [-0.1, -0.05) is 11.6 Å². The topological polar surface area (TPSA) is 85.4 Å². The lowest BCUT2D eigenvalue weighted by Gasteiger charge is -2.12. The lowest BCUT2D eigenvalue weighted by Crippen LogP contribution is -2.14. The number of carbonyl (C=O) groups is 1. The Morgan fingerprint density at radius 1 is 1.04 bits per heavy atom. The molecule has 1 heterocycles. The molecule has 1 aromatic heterocycles. The predicted molar refractivity (Wildman–Crippen MR) is 104 cm³/mol. The Hall–Kier alpha value is -3.32. The smallest absolute Gasteiger partial charge is 0.274 e. The van der Waals surface area contributed by atoms with Crippen molar-refractivity contribution in [1.82, 2.24) is 9.97 Å². The average molecular weight is 385 g/mol. The molecule has 0 fully saturated rings. The van der Waals surface area contributed by atoms with Gasteiger partial charge in [0, 0.05) is 23.0 Å². The Balaban J connectivity index is 1.79. The third kappa shape index (κ3) is 4.65. The van der Waals surface area contributed by atoms with E-state index in [4.69, 9.17) is 21.1 Å². The van der Waals surface area contributed by atoms with Gasteiger partial charge in [0.15, 0.2) is 0 Å². The Morgan fingerprint density at radius 3 is 2.52 bits per heavy atom. The van der Waals surface area contributed by atoms with Crippen molar-refractivity contribution in [2.75, 3.05) is 24.9 Å². The number of nitrogens with one attached hydrogen (secondary N) is 2. The summed E-state index contributed by atoms with van der Waals surface area (Å²) in [5.41, 5.74) is 1.45. The summed E-state index contributed by atoms with van der Waals surface area (Å²) in [6.07, 6.45) is 1.50. The fraction of sp³-hybridized carbons (Fsp3) is 0.105. The van der Waals surface area contributed by atoms with Gasteiger partial charge >= 0.3 is 0 Å². The molecule has 1 amide bonds. The molecule has 7 nitrogen and oxygen atoms in total. The highest BCUT2D eigenvalue weighted by molar-refractivity contribution is 6.30. The van der Waals surface area contributed by atoms with E-state index in [1.165, 1.54) is 12.3 Å². The van der Waals surface area contributed by atoms with Crippen LogP contribution in [0, 0.1) is 0 Å². The van der Waals surface area contributed by atoms with Crippen LogP contribution in [0.1, 0.15) is 10.5 Å². The fourth-order valence-corrected chi connectivity index (χ4v) is 2.43. The van der Waals surface area contributed by atoms with Crippen molar-refractivity contribution in [3.8, 4) is 11.5 Å². The maximum absolute atomic E-state index is 12.4. The summed E-state index contributed by atoms with van der Waals surface area (Å²) in [6, 6.07) is 13.6. The molecule has 0 spiro atoms. The summed E-state index contributed by atoms with van der Waals surface area (Å²) in [6.45, 7) is 0. The maximum Gasteiger partial charge on any atom is 0.274 e. The molecule has 0 radical (unpaired) electrons. The number of methoxy groups -OCH3 is 2. The zero-order valence-electron chi connectivity index (χ0n) is 14.7. The number of benzene rings is 2. The molecule has 0 aliphatic rings. The number of ether oxygens (including phenoxy) is 2. The second-order valence-electron chi connectivity index (χ2n) is 5.42. The molecule has 0 aliphatic carbocycles. The van der Waals surface area contributed by atoms with Crippen LogP contribution in [0.2, 0.25) is 5.02 Å². The molecule has 2 N–H and O–H groups in total. The van der Waals surface area contributed by atoms with Crippen LogP contribution < -0.4 is 20.1 Å². The van der Waals surface area contributed by atoms with E-state index in [1.54, 1.807) is 56.7 Å². The summed E-state index contributed by atoms with van der Waals surface area (Å²) in [4.78, 5) is 20.8. The van der Waals surface area contributed by atoms with E-state index in [0.29, 0.717) is 27.9 Å². The molecule has 3 rings (SSSR count). The number of hydrogen-bond acceptors (Lipinski definition) is 6. The minimum atomic E-state index is -0.361. The van der Waals surface area contributed by atoms with Crippen LogP contribution in [0.15, 0.2) is 54.7 Å². The third-order valence-corrected chi connectivity index (χ3v) is 3.90. The fourth-order valence-electron chi connectivity index (χ4n) is 2.31. The molecule has 0 atom stereocenters. The SMILES string of the molecule is COc1ccc(OC)c(Nc2nccc(C(=O)Nc3ccc(Cl)cc3)n2)c1. The van der Waals surface area contributed by atoms with Crippen molar-refractivity contribution < 1.29 is 14.3 Å². The first-order chi connectivity index (χ1) is 13.1. The molecule has 27 heavy (non-hydrogen) atoms. The van der Waals surface area contributed by atoms with Gasteiger partial charge in [0.25, 0.3) is 5.91 Å². The van der Waals surface area contributed by atoms with E-state index in [-0.39, 0.29) is 17.5 Å². The second kappa shape index (κ2) is 8.37. The zero-order valence-corrected chi connectivity index (χ0v) is 15.4. The van der Waals surface area contributed by atoms with Gasteiger partial charge < -0.3 is 20.1 Å². The quantitative estimate of drug-likeness (QED) is 0.664. The first-order valence-electron chi connectivity index (χ1n) is 7.98. The molecule has 0 unspecified atom stereocenters. The number of aromatic nitrogens is 2. The molecule has 0 saturated carbocycles. The van der Waals surface area contributed by atoms with Crippen LogP contribution in [-0.4, -0.2) is 30.1 Å². The number of hydrogen-bond donors (Lipinski definition) is 2.